The molecule has 6 heteroatoms. The van der Waals surface area contributed by atoms with Crippen LogP contribution in [0.4, 0.5) is 0 Å². The molecule has 0 unspecified atom stereocenters. The van der Waals surface area contributed by atoms with Gasteiger partial charge >= 0.3 is 5.97 Å². The lowest BCUT2D eigenvalue weighted by Crippen LogP contribution is -2.15. The minimum atomic E-state index is -1.08. The first-order valence-electron chi connectivity index (χ1n) is 7.69. The van der Waals surface area contributed by atoms with E-state index in [0.717, 1.165) is 5.56 Å². The van der Waals surface area contributed by atoms with Crippen LogP contribution in [0.25, 0.3) is 6.08 Å². The lowest BCUT2D eigenvalue weighted by Gasteiger charge is -2.19. The average Bonchev–Trinajstić information content (AvgIpc) is 2.64. The quantitative estimate of drug-likeness (QED) is 0.643. The van der Waals surface area contributed by atoms with Crippen LogP contribution in [0.3, 0.4) is 0 Å². The number of carbonyl (C=O) groups is 2. The number of para-hydroxylation sites is 1. The zero-order chi connectivity index (χ0) is 17.6. The van der Waals surface area contributed by atoms with Gasteiger partial charge in [-0.25, -0.2) is 4.79 Å². The van der Waals surface area contributed by atoms with Gasteiger partial charge in [0.1, 0.15) is 19.0 Å². The predicted molar refractivity (Wildman–Crippen MR) is 90.4 cm³/mol. The van der Waals surface area contributed by atoms with Crippen molar-refractivity contribution in [3.63, 3.8) is 0 Å². The van der Waals surface area contributed by atoms with Crippen molar-refractivity contribution in [2.24, 2.45) is 0 Å². The summed E-state index contributed by atoms with van der Waals surface area (Å²) in [7, 11) is 0. The zero-order valence-corrected chi connectivity index (χ0v) is 13.3. The number of hydrogen-bond donors (Lipinski definition) is 1. The third-order valence-corrected chi connectivity index (χ3v) is 3.49. The highest BCUT2D eigenvalue weighted by Crippen LogP contribution is 2.34. The van der Waals surface area contributed by atoms with E-state index >= 15 is 0 Å². The van der Waals surface area contributed by atoms with Crippen LogP contribution in [-0.2, 0) is 4.79 Å². The summed E-state index contributed by atoms with van der Waals surface area (Å²) in [6, 6.07) is 11.9. The van der Waals surface area contributed by atoms with Gasteiger partial charge in [-0.3, -0.25) is 4.79 Å². The number of carbonyl (C=O) groups excluding carboxylic acids is 1. The first kappa shape index (κ1) is 16.6. The summed E-state index contributed by atoms with van der Waals surface area (Å²) < 4.78 is 16.2. The van der Waals surface area contributed by atoms with E-state index in [0.29, 0.717) is 36.0 Å². The molecule has 3 rings (SSSR count). The van der Waals surface area contributed by atoms with Crippen LogP contribution in [0.1, 0.15) is 15.9 Å². The summed E-state index contributed by atoms with van der Waals surface area (Å²) in [5, 5.41) is 8.64. The molecular weight excluding hydrogens is 324 g/mol. The fourth-order valence-electron chi connectivity index (χ4n) is 2.37. The van der Waals surface area contributed by atoms with Gasteiger partial charge in [-0.15, -0.1) is 0 Å². The molecule has 2 aromatic carbocycles. The van der Waals surface area contributed by atoms with Crippen molar-refractivity contribution < 1.29 is 28.9 Å². The molecule has 1 aliphatic rings. The highest BCUT2D eigenvalue weighted by atomic mass is 16.6. The number of ether oxygens (including phenoxy) is 3. The van der Waals surface area contributed by atoms with E-state index in [1.165, 1.54) is 12.1 Å². The molecule has 0 spiro atoms. The fraction of sp³-hybridized carbons (Fsp3) is 0.158. The Balaban J connectivity index is 1.75. The number of hydrogen-bond acceptors (Lipinski definition) is 5. The van der Waals surface area contributed by atoms with E-state index in [9.17, 15) is 9.59 Å². The highest BCUT2D eigenvalue weighted by molar-refractivity contribution is 6.07. The Morgan fingerprint density at radius 1 is 1.12 bits per heavy atom. The first-order valence-corrected chi connectivity index (χ1v) is 7.69. The summed E-state index contributed by atoms with van der Waals surface area (Å²) in [6.45, 7) is 0.512. The van der Waals surface area contributed by atoms with E-state index in [2.05, 4.69) is 0 Å². The smallest absolute Gasteiger partial charge is 0.341 e. The van der Waals surface area contributed by atoms with E-state index in [-0.39, 0.29) is 5.78 Å². The average molecular weight is 340 g/mol. The van der Waals surface area contributed by atoms with Crippen LogP contribution in [0.5, 0.6) is 17.2 Å². The standard InChI is InChI=1S/C19H16O6/c20-16(14-4-1-5-15(11-14)25-12-18(21)22)8-7-13-3-2-6-17-19(13)24-10-9-23-17/h1-8,11H,9-10,12H2,(H,21,22)/b8-7+. The van der Waals surface area contributed by atoms with Gasteiger partial charge in [0, 0.05) is 11.1 Å². The molecule has 0 bridgehead atoms. The first-order chi connectivity index (χ1) is 12.1. The summed E-state index contributed by atoms with van der Waals surface area (Å²) in [6.07, 6.45) is 3.10. The van der Waals surface area contributed by atoms with Gasteiger partial charge < -0.3 is 19.3 Å². The Labute approximate surface area is 144 Å². The van der Waals surface area contributed by atoms with Gasteiger partial charge in [0.15, 0.2) is 23.9 Å². The second-order valence-electron chi connectivity index (χ2n) is 5.28. The minimum absolute atomic E-state index is 0.227. The Morgan fingerprint density at radius 2 is 1.92 bits per heavy atom. The van der Waals surface area contributed by atoms with Crippen molar-refractivity contribution in [1.29, 1.82) is 0 Å². The Bertz CT molecular complexity index is 824. The van der Waals surface area contributed by atoms with Crippen LogP contribution in [0.15, 0.2) is 48.5 Å². The van der Waals surface area contributed by atoms with Crippen molar-refractivity contribution >= 4 is 17.8 Å². The molecule has 25 heavy (non-hydrogen) atoms. The molecule has 0 aromatic heterocycles. The predicted octanol–water partition coefficient (Wildman–Crippen LogP) is 2.82. The second-order valence-corrected chi connectivity index (χ2v) is 5.28. The van der Waals surface area contributed by atoms with E-state index in [4.69, 9.17) is 19.3 Å². The number of fused-ring (bicyclic) bond motifs is 1. The number of allylic oxidation sites excluding steroid dienone is 1. The van der Waals surface area contributed by atoms with Gasteiger partial charge in [-0.1, -0.05) is 24.3 Å². The van der Waals surface area contributed by atoms with Crippen molar-refractivity contribution in [1.82, 2.24) is 0 Å². The summed E-state index contributed by atoms with van der Waals surface area (Å²) in [4.78, 5) is 22.9. The Hall–Kier alpha value is -3.28. The number of carboxylic acids is 1. The molecular formula is C19H16O6. The normalized spacial score (nSPS) is 12.8. The molecule has 1 aliphatic heterocycles. The lowest BCUT2D eigenvalue weighted by atomic mass is 10.1. The molecule has 0 fully saturated rings. The molecule has 0 aliphatic carbocycles. The maximum atomic E-state index is 12.3. The molecule has 1 N–H and O–H groups in total. The van der Waals surface area contributed by atoms with E-state index in [1.807, 2.05) is 18.2 Å². The van der Waals surface area contributed by atoms with Crippen molar-refractivity contribution in [3.05, 3.63) is 59.7 Å². The second kappa shape index (κ2) is 7.53. The largest absolute Gasteiger partial charge is 0.486 e. The van der Waals surface area contributed by atoms with Crippen LogP contribution in [0, 0.1) is 0 Å². The number of aliphatic carboxylic acids is 1. The summed E-state index contributed by atoms with van der Waals surface area (Å²) >= 11 is 0. The van der Waals surface area contributed by atoms with Crippen molar-refractivity contribution in [2.45, 2.75) is 0 Å². The monoisotopic (exact) mass is 340 g/mol. The maximum Gasteiger partial charge on any atom is 0.341 e. The minimum Gasteiger partial charge on any atom is -0.486 e. The number of carboxylic acid groups (broad SMARTS) is 1. The van der Waals surface area contributed by atoms with Gasteiger partial charge in [0.2, 0.25) is 0 Å². The van der Waals surface area contributed by atoms with Gasteiger partial charge in [0.25, 0.3) is 0 Å². The van der Waals surface area contributed by atoms with Crippen LogP contribution >= 0.6 is 0 Å². The molecule has 0 saturated heterocycles. The molecule has 0 saturated carbocycles. The van der Waals surface area contributed by atoms with Gasteiger partial charge in [-0.2, -0.15) is 0 Å². The maximum absolute atomic E-state index is 12.3. The number of benzene rings is 2. The molecule has 0 radical (unpaired) electrons. The van der Waals surface area contributed by atoms with Gasteiger partial charge in [-0.05, 0) is 30.4 Å². The molecule has 2 aromatic rings. The molecule has 0 atom stereocenters. The Morgan fingerprint density at radius 3 is 2.76 bits per heavy atom. The molecule has 6 nitrogen and oxygen atoms in total. The summed E-state index contributed by atoms with van der Waals surface area (Å²) in [5.41, 5.74) is 1.16. The molecule has 1 heterocycles. The van der Waals surface area contributed by atoms with E-state index in [1.54, 1.807) is 24.3 Å². The zero-order valence-electron chi connectivity index (χ0n) is 13.3. The van der Waals surface area contributed by atoms with Crippen LogP contribution < -0.4 is 14.2 Å². The Kier molecular flexibility index (Phi) is 4.99. The van der Waals surface area contributed by atoms with Crippen molar-refractivity contribution in [2.75, 3.05) is 19.8 Å². The number of ketones is 1. The molecule has 0 amide bonds. The fourth-order valence-corrected chi connectivity index (χ4v) is 2.37. The summed E-state index contributed by atoms with van der Waals surface area (Å²) in [5.74, 6) is 0.305. The third kappa shape index (κ3) is 4.17. The lowest BCUT2D eigenvalue weighted by molar-refractivity contribution is -0.139. The molecule has 128 valence electrons. The topological polar surface area (TPSA) is 82.1 Å². The van der Waals surface area contributed by atoms with Crippen LogP contribution in [-0.4, -0.2) is 36.7 Å². The third-order valence-electron chi connectivity index (χ3n) is 3.49. The van der Waals surface area contributed by atoms with Crippen molar-refractivity contribution in [3.8, 4) is 17.2 Å². The SMILES string of the molecule is O=C(O)COc1cccc(C(=O)/C=C/c2cccc3c2OCCO3)c1. The highest BCUT2D eigenvalue weighted by Gasteiger charge is 2.14. The number of rotatable bonds is 6. The van der Waals surface area contributed by atoms with E-state index < -0.39 is 12.6 Å². The van der Waals surface area contributed by atoms with Gasteiger partial charge in [0.05, 0.1) is 0 Å². The van der Waals surface area contributed by atoms with Crippen LogP contribution in [0.2, 0.25) is 0 Å².